The van der Waals surface area contributed by atoms with Crippen molar-refractivity contribution in [2.75, 3.05) is 32.4 Å². The van der Waals surface area contributed by atoms with Gasteiger partial charge in [-0.05, 0) is 25.6 Å². The maximum Gasteiger partial charge on any atom is 0.0230 e. The minimum absolute atomic E-state index is 0.757. The van der Waals surface area contributed by atoms with Crippen LogP contribution in [0.4, 0.5) is 0 Å². The summed E-state index contributed by atoms with van der Waals surface area (Å²) in [7, 11) is 2.25. The van der Waals surface area contributed by atoms with Gasteiger partial charge in [-0.1, -0.05) is 30.3 Å². The van der Waals surface area contributed by atoms with E-state index in [0.29, 0.717) is 0 Å². The van der Waals surface area contributed by atoms with Gasteiger partial charge >= 0.3 is 0 Å². The fourth-order valence-electron chi connectivity index (χ4n) is 2.17. The molecule has 1 aromatic rings. The van der Waals surface area contributed by atoms with Gasteiger partial charge in [0.05, 0.1) is 0 Å². The molecule has 1 heterocycles. The van der Waals surface area contributed by atoms with E-state index in [4.69, 9.17) is 0 Å². The Balaban J connectivity index is 1.59. The summed E-state index contributed by atoms with van der Waals surface area (Å²) in [5.74, 6) is 2.36. The Morgan fingerprint density at radius 3 is 2.88 bits per heavy atom. The van der Waals surface area contributed by atoms with E-state index in [-0.39, 0.29) is 0 Å². The molecule has 1 aliphatic rings. The number of hydrogen-bond acceptors (Lipinski definition) is 3. The van der Waals surface area contributed by atoms with Gasteiger partial charge in [0.25, 0.3) is 0 Å². The molecule has 1 saturated heterocycles. The molecule has 17 heavy (non-hydrogen) atoms. The van der Waals surface area contributed by atoms with Gasteiger partial charge in [0.15, 0.2) is 0 Å². The maximum absolute atomic E-state index is 3.42. The molecule has 0 saturated carbocycles. The Hall–Kier alpha value is -0.510. The van der Waals surface area contributed by atoms with Gasteiger partial charge in [-0.3, -0.25) is 0 Å². The van der Waals surface area contributed by atoms with Gasteiger partial charge in [0.1, 0.15) is 0 Å². The van der Waals surface area contributed by atoms with E-state index < -0.39 is 0 Å². The summed E-state index contributed by atoms with van der Waals surface area (Å²) in [6, 6.07) is 11.5. The van der Waals surface area contributed by atoms with Crippen molar-refractivity contribution >= 4 is 11.8 Å². The average Bonchev–Trinajstić information content (AvgIpc) is 2.89. The highest BCUT2D eigenvalue weighted by atomic mass is 32.2. The quantitative estimate of drug-likeness (QED) is 0.779. The molecule has 1 unspecified atom stereocenters. The molecular weight excluding hydrogens is 228 g/mol. The van der Waals surface area contributed by atoms with Crippen molar-refractivity contribution in [1.29, 1.82) is 0 Å². The fraction of sp³-hybridized carbons (Fsp3) is 0.571. The van der Waals surface area contributed by atoms with Crippen molar-refractivity contribution in [3.05, 3.63) is 35.9 Å². The Labute approximate surface area is 109 Å². The second kappa shape index (κ2) is 7.04. The molecular formula is C14H22N2S. The third kappa shape index (κ3) is 4.34. The van der Waals surface area contributed by atoms with E-state index in [9.17, 15) is 0 Å². The van der Waals surface area contributed by atoms with Crippen molar-refractivity contribution in [1.82, 2.24) is 10.2 Å². The van der Waals surface area contributed by atoms with Crippen LogP contribution in [0.25, 0.3) is 0 Å². The van der Waals surface area contributed by atoms with Gasteiger partial charge in [-0.25, -0.2) is 0 Å². The zero-order valence-electron chi connectivity index (χ0n) is 10.6. The topological polar surface area (TPSA) is 15.3 Å². The molecule has 1 aliphatic heterocycles. The monoisotopic (exact) mass is 250 g/mol. The molecule has 0 bridgehead atoms. The standard InChI is InChI=1S/C14H22N2S/c1-16(14-7-8-15-11-14)9-10-17-12-13-5-3-2-4-6-13/h2-6,14-15H,7-12H2,1H3. The summed E-state index contributed by atoms with van der Waals surface area (Å²) < 4.78 is 0. The lowest BCUT2D eigenvalue weighted by molar-refractivity contribution is 0.273. The Bertz CT molecular complexity index is 309. The van der Waals surface area contributed by atoms with Crippen molar-refractivity contribution in [3.8, 4) is 0 Å². The van der Waals surface area contributed by atoms with Crippen LogP contribution in [0.15, 0.2) is 30.3 Å². The third-order valence-electron chi connectivity index (χ3n) is 3.36. The molecule has 2 nitrogen and oxygen atoms in total. The first-order valence-corrected chi connectivity index (χ1v) is 7.54. The van der Waals surface area contributed by atoms with Crippen LogP contribution < -0.4 is 5.32 Å². The third-order valence-corrected chi connectivity index (χ3v) is 4.37. The van der Waals surface area contributed by atoms with Crippen molar-refractivity contribution in [3.63, 3.8) is 0 Å². The van der Waals surface area contributed by atoms with Crippen LogP contribution in [0.5, 0.6) is 0 Å². The Morgan fingerprint density at radius 1 is 1.35 bits per heavy atom. The molecule has 1 aromatic carbocycles. The SMILES string of the molecule is CN(CCSCc1ccccc1)C1CCNC1. The van der Waals surface area contributed by atoms with E-state index in [1.54, 1.807) is 0 Å². The molecule has 0 aromatic heterocycles. The van der Waals surface area contributed by atoms with Gasteiger partial charge in [0, 0.05) is 30.6 Å². The fourth-order valence-corrected chi connectivity index (χ4v) is 3.16. The van der Waals surface area contributed by atoms with Crippen LogP contribution in [0.1, 0.15) is 12.0 Å². The lowest BCUT2D eigenvalue weighted by Gasteiger charge is -2.22. The van der Waals surface area contributed by atoms with Crippen LogP contribution in [0.2, 0.25) is 0 Å². The second-order valence-electron chi connectivity index (χ2n) is 4.67. The lowest BCUT2D eigenvalue weighted by Crippen LogP contribution is -2.34. The summed E-state index contributed by atoms with van der Waals surface area (Å²) in [6.07, 6.45) is 1.31. The Morgan fingerprint density at radius 2 is 2.18 bits per heavy atom. The highest BCUT2D eigenvalue weighted by molar-refractivity contribution is 7.98. The van der Waals surface area contributed by atoms with Crippen molar-refractivity contribution < 1.29 is 0 Å². The van der Waals surface area contributed by atoms with E-state index in [1.807, 2.05) is 11.8 Å². The molecule has 0 aliphatic carbocycles. The van der Waals surface area contributed by atoms with Gasteiger partial charge in [-0.15, -0.1) is 0 Å². The summed E-state index contributed by atoms with van der Waals surface area (Å²) in [5.41, 5.74) is 1.43. The maximum atomic E-state index is 3.42. The van der Waals surface area contributed by atoms with Gasteiger partial charge in [0.2, 0.25) is 0 Å². The van der Waals surface area contributed by atoms with Gasteiger partial charge in [-0.2, -0.15) is 11.8 Å². The predicted octanol–water partition coefficient (Wildman–Crippen LogP) is 2.21. The first-order valence-electron chi connectivity index (χ1n) is 6.39. The van der Waals surface area contributed by atoms with Crippen LogP contribution >= 0.6 is 11.8 Å². The highest BCUT2D eigenvalue weighted by Crippen LogP contribution is 2.13. The molecule has 94 valence electrons. The Kier molecular flexibility index (Phi) is 5.36. The number of hydrogen-bond donors (Lipinski definition) is 1. The average molecular weight is 250 g/mol. The number of likely N-dealkylation sites (N-methyl/N-ethyl adjacent to an activating group) is 1. The minimum Gasteiger partial charge on any atom is -0.315 e. The number of rotatable bonds is 6. The molecule has 1 N–H and O–H groups in total. The molecule has 1 fully saturated rings. The molecule has 3 heteroatoms. The minimum atomic E-state index is 0.757. The lowest BCUT2D eigenvalue weighted by atomic mass is 10.2. The first kappa shape index (κ1) is 12.9. The molecule has 0 radical (unpaired) electrons. The summed E-state index contributed by atoms with van der Waals surface area (Å²) in [6.45, 7) is 3.55. The predicted molar refractivity (Wildman–Crippen MR) is 76.5 cm³/mol. The number of nitrogens with one attached hydrogen (secondary N) is 1. The highest BCUT2D eigenvalue weighted by Gasteiger charge is 2.18. The van der Waals surface area contributed by atoms with Crippen molar-refractivity contribution in [2.24, 2.45) is 0 Å². The van der Waals surface area contributed by atoms with Crippen LogP contribution in [0, 0.1) is 0 Å². The van der Waals surface area contributed by atoms with Crippen LogP contribution in [-0.4, -0.2) is 43.4 Å². The van der Waals surface area contributed by atoms with Crippen molar-refractivity contribution in [2.45, 2.75) is 18.2 Å². The molecule has 1 atom stereocenters. The molecule has 2 rings (SSSR count). The summed E-state index contributed by atoms with van der Waals surface area (Å²) in [4.78, 5) is 2.50. The van der Waals surface area contributed by atoms with E-state index in [1.165, 1.54) is 37.4 Å². The van der Waals surface area contributed by atoms with E-state index >= 15 is 0 Å². The molecule has 0 amide bonds. The second-order valence-corrected chi connectivity index (χ2v) is 5.77. The number of thioether (sulfide) groups is 1. The normalized spacial score (nSPS) is 20.0. The van der Waals surface area contributed by atoms with Crippen LogP contribution in [-0.2, 0) is 5.75 Å². The van der Waals surface area contributed by atoms with Gasteiger partial charge < -0.3 is 10.2 Å². The number of nitrogens with zero attached hydrogens (tertiary/aromatic N) is 1. The molecule has 0 spiro atoms. The summed E-state index contributed by atoms with van der Waals surface area (Å²) in [5, 5.41) is 3.42. The largest absolute Gasteiger partial charge is 0.315 e. The van der Waals surface area contributed by atoms with Crippen LogP contribution in [0.3, 0.4) is 0 Å². The smallest absolute Gasteiger partial charge is 0.0230 e. The first-order chi connectivity index (χ1) is 8.36. The summed E-state index contributed by atoms with van der Waals surface area (Å²) >= 11 is 2.03. The van der Waals surface area contributed by atoms with E-state index in [2.05, 4.69) is 47.6 Å². The number of benzene rings is 1. The van der Waals surface area contributed by atoms with E-state index in [0.717, 1.165) is 11.8 Å². The zero-order chi connectivity index (χ0) is 11.9. The zero-order valence-corrected chi connectivity index (χ0v) is 11.4.